The lowest BCUT2D eigenvalue weighted by Crippen LogP contribution is -2.43. The van der Waals surface area contributed by atoms with Crippen molar-refractivity contribution in [2.24, 2.45) is 5.92 Å². The fourth-order valence-electron chi connectivity index (χ4n) is 3.44. The zero-order valence-corrected chi connectivity index (χ0v) is 10.7. The molecule has 1 aliphatic heterocycles. The third-order valence-corrected chi connectivity index (χ3v) is 4.23. The highest BCUT2D eigenvalue weighted by molar-refractivity contribution is 5.59. The van der Waals surface area contributed by atoms with Crippen molar-refractivity contribution in [1.29, 1.82) is 0 Å². The Kier molecular flexibility index (Phi) is 2.96. The van der Waals surface area contributed by atoms with Gasteiger partial charge in [0.25, 0.3) is 0 Å². The number of fused-ring (bicyclic) bond motifs is 1. The monoisotopic (exact) mass is 263 g/mol. The molecule has 1 saturated heterocycles. The number of nitro groups is 1. The van der Waals surface area contributed by atoms with Crippen molar-refractivity contribution in [3.63, 3.8) is 0 Å². The van der Waals surface area contributed by atoms with Crippen molar-refractivity contribution >= 4 is 17.5 Å². The predicted octanol–water partition coefficient (Wildman–Crippen LogP) is 1.74. The second kappa shape index (κ2) is 4.64. The lowest BCUT2D eigenvalue weighted by Gasteiger charge is -2.38. The molecule has 0 amide bonds. The molecule has 2 heterocycles. The van der Waals surface area contributed by atoms with E-state index in [0.717, 1.165) is 19.4 Å². The first-order valence-corrected chi connectivity index (χ1v) is 6.70. The summed E-state index contributed by atoms with van der Waals surface area (Å²) in [5, 5.41) is 11.1. The van der Waals surface area contributed by atoms with Gasteiger partial charge < -0.3 is 10.6 Å². The van der Waals surface area contributed by atoms with Crippen LogP contribution in [0.25, 0.3) is 0 Å². The van der Waals surface area contributed by atoms with Gasteiger partial charge in [-0.1, -0.05) is 6.42 Å². The van der Waals surface area contributed by atoms with Crippen LogP contribution in [-0.4, -0.2) is 27.5 Å². The van der Waals surface area contributed by atoms with E-state index in [1.807, 2.05) is 0 Å². The van der Waals surface area contributed by atoms with Crippen LogP contribution < -0.4 is 10.6 Å². The standard InChI is InChI=1S/C12H17N5O2/c13-12-14-7-10(17(18)19)11(15-12)16-6-2-4-8-3-1-5-9(8)16/h7-9H,1-6H2,(H2,13,14,15). The Morgan fingerprint density at radius 2 is 2.16 bits per heavy atom. The van der Waals surface area contributed by atoms with Gasteiger partial charge in [0, 0.05) is 12.6 Å². The number of nitrogen functional groups attached to an aromatic ring is 1. The van der Waals surface area contributed by atoms with E-state index >= 15 is 0 Å². The van der Waals surface area contributed by atoms with Gasteiger partial charge in [0.15, 0.2) is 0 Å². The van der Waals surface area contributed by atoms with Crippen molar-refractivity contribution in [2.45, 2.75) is 38.1 Å². The van der Waals surface area contributed by atoms with Crippen molar-refractivity contribution in [1.82, 2.24) is 9.97 Å². The van der Waals surface area contributed by atoms with Gasteiger partial charge in [-0.15, -0.1) is 0 Å². The summed E-state index contributed by atoms with van der Waals surface area (Å²) < 4.78 is 0. The molecule has 7 heteroatoms. The summed E-state index contributed by atoms with van der Waals surface area (Å²) in [7, 11) is 0. The van der Waals surface area contributed by atoms with Crippen LogP contribution in [0, 0.1) is 16.0 Å². The van der Waals surface area contributed by atoms with E-state index < -0.39 is 4.92 Å². The first-order chi connectivity index (χ1) is 9.16. The van der Waals surface area contributed by atoms with Gasteiger partial charge in [-0.05, 0) is 31.6 Å². The lowest BCUT2D eigenvalue weighted by molar-refractivity contribution is -0.384. The van der Waals surface area contributed by atoms with E-state index in [1.165, 1.54) is 25.5 Å². The van der Waals surface area contributed by atoms with Crippen molar-refractivity contribution in [3.8, 4) is 0 Å². The average Bonchev–Trinajstić information content (AvgIpc) is 2.86. The van der Waals surface area contributed by atoms with Crippen LogP contribution in [0.4, 0.5) is 17.5 Å². The topological polar surface area (TPSA) is 98.2 Å². The molecule has 2 N–H and O–H groups in total. The van der Waals surface area contributed by atoms with Gasteiger partial charge in [0.1, 0.15) is 6.20 Å². The van der Waals surface area contributed by atoms with Crippen LogP contribution in [-0.2, 0) is 0 Å². The van der Waals surface area contributed by atoms with Crippen LogP contribution in [0.15, 0.2) is 6.20 Å². The normalized spacial score (nSPS) is 26.2. The predicted molar refractivity (Wildman–Crippen MR) is 70.8 cm³/mol. The van der Waals surface area contributed by atoms with Crippen molar-refractivity contribution in [3.05, 3.63) is 16.3 Å². The molecule has 1 aromatic heterocycles. The summed E-state index contributed by atoms with van der Waals surface area (Å²) >= 11 is 0. The van der Waals surface area contributed by atoms with Gasteiger partial charge in [0.05, 0.1) is 4.92 Å². The molecule has 1 saturated carbocycles. The Labute approximate surface area is 111 Å². The highest BCUT2D eigenvalue weighted by atomic mass is 16.6. The molecule has 0 radical (unpaired) electrons. The Morgan fingerprint density at radius 3 is 2.95 bits per heavy atom. The van der Waals surface area contributed by atoms with Gasteiger partial charge in [0.2, 0.25) is 11.8 Å². The molecule has 2 unspecified atom stereocenters. The number of aromatic nitrogens is 2. The number of rotatable bonds is 2. The van der Waals surface area contributed by atoms with Crippen LogP contribution in [0.3, 0.4) is 0 Å². The molecule has 1 aliphatic carbocycles. The van der Waals surface area contributed by atoms with Crippen LogP contribution in [0.1, 0.15) is 32.1 Å². The fourth-order valence-corrected chi connectivity index (χ4v) is 3.44. The molecular weight excluding hydrogens is 246 g/mol. The Morgan fingerprint density at radius 1 is 1.37 bits per heavy atom. The Bertz CT molecular complexity index is 507. The van der Waals surface area contributed by atoms with E-state index in [0.29, 0.717) is 17.8 Å². The minimum Gasteiger partial charge on any atom is -0.368 e. The average molecular weight is 263 g/mol. The van der Waals surface area contributed by atoms with Gasteiger partial charge in [-0.3, -0.25) is 10.1 Å². The third kappa shape index (κ3) is 2.09. The molecule has 7 nitrogen and oxygen atoms in total. The second-order valence-corrected chi connectivity index (χ2v) is 5.29. The van der Waals surface area contributed by atoms with Crippen molar-refractivity contribution in [2.75, 3.05) is 17.2 Å². The number of hydrogen-bond acceptors (Lipinski definition) is 6. The van der Waals surface area contributed by atoms with E-state index in [-0.39, 0.29) is 11.6 Å². The largest absolute Gasteiger partial charge is 0.368 e. The maximum atomic E-state index is 11.1. The summed E-state index contributed by atoms with van der Waals surface area (Å²) in [6, 6.07) is 0.377. The van der Waals surface area contributed by atoms with E-state index in [1.54, 1.807) is 0 Å². The minimum absolute atomic E-state index is 0.0400. The summed E-state index contributed by atoms with van der Waals surface area (Å²) in [4.78, 5) is 20.7. The number of nitrogens with two attached hydrogens (primary N) is 1. The van der Waals surface area contributed by atoms with E-state index in [9.17, 15) is 10.1 Å². The lowest BCUT2D eigenvalue weighted by atomic mass is 9.92. The molecule has 19 heavy (non-hydrogen) atoms. The smallest absolute Gasteiger partial charge is 0.329 e. The Balaban J connectivity index is 2.00. The quantitative estimate of drug-likeness (QED) is 0.644. The summed E-state index contributed by atoms with van der Waals surface area (Å²) in [6.45, 7) is 0.818. The molecule has 0 spiro atoms. The molecule has 2 fully saturated rings. The zero-order chi connectivity index (χ0) is 13.4. The minimum atomic E-state index is -0.423. The third-order valence-electron chi connectivity index (χ3n) is 4.23. The number of hydrogen-bond donors (Lipinski definition) is 1. The van der Waals surface area contributed by atoms with E-state index in [2.05, 4.69) is 14.9 Å². The molecule has 102 valence electrons. The summed E-state index contributed by atoms with van der Waals surface area (Å²) in [6.07, 6.45) is 7.00. The fraction of sp³-hybridized carbons (Fsp3) is 0.667. The van der Waals surface area contributed by atoms with Crippen LogP contribution >= 0.6 is 0 Å². The first kappa shape index (κ1) is 12.1. The Hall–Kier alpha value is -1.92. The van der Waals surface area contributed by atoms with Crippen LogP contribution in [0.2, 0.25) is 0 Å². The number of piperidine rings is 1. The summed E-state index contributed by atoms with van der Waals surface area (Å²) in [5.74, 6) is 1.14. The highest BCUT2D eigenvalue weighted by Gasteiger charge is 2.38. The highest BCUT2D eigenvalue weighted by Crippen LogP contribution is 2.40. The SMILES string of the molecule is Nc1ncc([N+](=O)[O-])c(N2CCCC3CCCC32)n1. The number of anilines is 2. The van der Waals surface area contributed by atoms with Gasteiger partial charge >= 0.3 is 5.69 Å². The first-order valence-electron chi connectivity index (χ1n) is 6.70. The second-order valence-electron chi connectivity index (χ2n) is 5.29. The van der Waals surface area contributed by atoms with Crippen LogP contribution in [0.5, 0.6) is 0 Å². The molecule has 0 aromatic carbocycles. The van der Waals surface area contributed by atoms with Gasteiger partial charge in [-0.25, -0.2) is 4.98 Å². The zero-order valence-electron chi connectivity index (χ0n) is 10.7. The number of nitrogens with zero attached hydrogens (tertiary/aromatic N) is 4. The molecule has 1 aromatic rings. The summed E-state index contributed by atoms with van der Waals surface area (Å²) in [5.41, 5.74) is 5.56. The van der Waals surface area contributed by atoms with E-state index in [4.69, 9.17) is 5.73 Å². The molecule has 3 rings (SSSR count). The maximum absolute atomic E-state index is 11.1. The molecule has 0 bridgehead atoms. The van der Waals surface area contributed by atoms with Crippen molar-refractivity contribution < 1.29 is 4.92 Å². The molecule has 2 aliphatic rings. The maximum Gasteiger partial charge on any atom is 0.329 e. The molecule has 2 atom stereocenters. The molecular formula is C12H17N5O2. The van der Waals surface area contributed by atoms with Gasteiger partial charge in [-0.2, -0.15) is 4.98 Å².